The van der Waals surface area contributed by atoms with Gasteiger partial charge in [-0.2, -0.15) is 9.61 Å². The molecule has 3 aromatic rings. The second-order valence-electron chi connectivity index (χ2n) is 8.59. The summed E-state index contributed by atoms with van der Waals surface area (Å²) in [4.78, 5) is 37.6. The zero-order valence-electron chi connectivity index (χ0n) is 18.2. The average molecular weight is 444 g/mol. The predicted molar refractivity (Wildman–Crippen MR) is 123 cm³/mol. The van der Waals surface area contributed by atoms with Gasteiger partial charge >= 0.3 is 5.97 Å². The Morgan fingerprint density at radius 2 is 1.94 bits per heavy atom. The Morgan fingerprint density at radius 1 is 1.15 bits per heavy atom. The smallest absolute Gasteiger partial charge is 0.306 e. The van der Waals surface area contributed by atoms with E-state index in [1.54, 1.807) is 18.6 Å². The second kappa shape index (κ2) is 8.23. The molecule has 0 atom stereocenters. The van der Waals surface area contributed by atoms with Crippen LogP contribution in [-0.4, -0.2) is 42.2 Å². The van der Waals surface area contributed by atoms with Gasteiger partial charge in [0.05, 0.1) is 34.8 Å². The van der Waals surface area contributed by atoms with Gasteiger partial charge in [-0.1, -0.05) is 12.1 Å². The van der Waals surface area contributed by atoms with E-state index in [9.17, 15) is 14.7 Å². The molecule has 1 fully saturated rings. The largest absolute Gasteiger partial charge is 0.481 e. The number of aliphatic carboxylic acids is 1. The zero-order chi connectivity index (χ0) is 23.1. The lowest BCUT2D eigenvalue weighted by atomic mass is 9.79. The number of fused-ring (bicyclic) bond motifs is 1. The van der Waals surface area contributed by atoms with E-state index in [-0.39, 0.29) is 23.4 Å². The molecular formula is C24H24N6O3. The minimum atomic E-state index is -0.767. The number of carbonyl (C=O) groups excluding carboxylic acids is 1. The van der Waals surface area contributed by atoms with Crippen LogP contribution in [0.2, 0.25) is 0 Å². The van der Waals surface area contributed by atoms with Crippen molar-refractivity contribution >= 4 is 28.9 Å². The molecule has 0 spiro atoms. The van der Waals surface area contributed by atoms with E-state index in [4.69, 9.17) is 10.7 Å². The molecule has 5 rings (SSSR count). The lowest BCUT2D eigenvalue weighted by Crippen LogP contribution is -2.23. The van der Waals surface area contributed by atoms with Gasteiger partial charge in [-0.3, -0.25) is 19.6 Å². The molecule has 1 saturated carbocycles. The SMILES string of the molecule is CC(=O)c1c(C2CCC(C(=O)O)CC2)nc2c(-c3ccc(C4=NC=CC4)nc3)cnn2c1N. The van der Waals surface area contributed by atoms with Crippen LogP contribution >= 0.6 is 0 Å². The van der Waals surface area contributed by atoms with E-state index in [1.165, 1.54) is 11.4 Å². The fourth-order valence-electron chi connectivity index (χ4n) is 4.76. The van der Waals surface area contributed by atoms with E-state index in [2.05, 4.69) is 15.1 Å². The molecule has 9 heteroatoms. The highest BCUT2D eigenvalue weighted by Gasteiger charge is 2.31. The first-order valence-corrected chi connectivity index (χ1v) is 11.0. The molecule has 0 amide bonds. The van der Waals surface area contributed by atoms with E-state index < -0.39 is 5.97 Å². The lowest BCUT2D eigenvalue weighted by Gasteiger charge is -2.27. The molecule has 2 aliphatic rings. The molecular weight excluding hydrogens is 420 g/mol. The van der Waals surface area contributed by atoms with Gasteiger partial charge < -0.3 is 10.8 Å². The van der Waals surface area contributed by atoms with Crippen LogP contribution in [0.5, 0.6) is 0 Å². The summed E-state index contributed by atoms with van der Waals surface area (Å²) in [5.74, 6) is -1.06. The first kappa shape index (κ1) is 21.0. The maximum Gasteiger partial charge on any atom is 0.306 e. The number of carbonyl (C=O) groups is 2. The summed E-state index contributed by atoms with van der Waals surface area (Å²) < 4.78 is 1.50. The van der Waals surface area contributed by atoms with Crippen molar-refractivity contribution in [2.45, 2.75) is 44.9 Å². The van der Waals surface area contributed by atoms with Crippen molar-refractivity contribution in [1.82, 2.24) is 19.6 Å². The molecule has 4 heterocycles. The third-order valence-corrected chi connectivity index (χ3v) is 6.54. The third-order valence-electron chi connectivity index (χ3n) is 6.54. The number of hydrogen-bond donors (Lipinski definition) is 2. The van der Waals surface area contributed by atoms with Gasteiger partial charge in [-0.15, -0.1) is 0 Å². The average Bonchev–Trinajstić information content (AvgIpc) is 3.49. The number of hydrogen-bond acceptors (Lipinski definition) is 7. The standard InChI is InChI=1S/C24H24N6O3/c1-13(31)20-21(14-4-6-15(7-5-14)24(32)33)29-23-17(12-28-30(23)22(20)25)16-8-9-19(27-11-16)18-3-2-10-26-18/h2,8-12,14-15H,3-7,25H2,1H3,(H,32,33). The Kier molecular flexibility index (Phi) is 5.24. The highest BCUT2D eigenvalue weighted by molar-refractivity contribution is 6.02. The maximum atomic E-state index is 12.5. The first-order chi connectivity index (χ1) is 15.9. The van der Waals surface area contributed by atoms with Crippen LogP contribution in [0.3, 0.4) is 0 Å². The highest BCUT2D eigenvalue weighted by atomic mass is 16.4. The number of nitrogens with zero attached hydrogens (tertiary/aromatic N) is 5. The molecule has 0 radical (unpaired) electrons. The van der Waals surface area contributed by atoms with Gasteiger partial charge in [0, 0.05) is 35.9 Å². The Morgan fingerprint density at radius 3 is 2.55 bits per heavy atom. The van der Waals surface area contributed by atoms with E-state index in [0.29, 0.717) is 42.6 Å². The first-order valence-electron chi connectivity index (χ1n) is 11.0. The topological polar surface area (TPSA) is 136 Å². The monoisotopic (exact) mass is 444 g/mol. The molecule has 0 unspecified atom stereocenters. The molecule has 33 heavy (non-hydrogen) atoms. The van der Waals surface area contributed by atoms with Crippen molar-refractivity contribution in [3.8, 4) is 11.1 Å². The summed E-state index contributed by atoms with van der Waals surface area (Å²) in [6.45, 7) is 1.47. The number of aromatic nitrogens is 4. The molecule has 1 aliphatic carbocycles. The summed E-state index contributed by atoms with van der Waals surface area (Å²) in [5.41, 5.74) is 11.3. The van der Waals surface area contributed by atoms with Gasteiger partial charge in [0.15, 0.2) is 11.4 Å². The number of allylic oxidation sites excluding steroid dienone is 1. The van der Waals surface area contributed by atoms with Gasteiger partial charge in [-0.05, 0) is 38.7 Å². The maximum absolute atomic E-state index is 12.5. The Labute approximate surface area is 190 Å². The number of rotatable bonds is 5. The Bertz CT molecular complexity index is 1310. The van der Waals surface area contributed by atoms with Gasteiger partial charge in [-0.25, -0.2) is 4.98 Å². The number of ketones is 1. The normalized spacial score (nSPS) is 20.2. The molecule has 3 aromatic heterocycles. The van der Waals surface area contributed by atoms with Crippen LogP contribution in [0, 0.1) is 5.92 Å². The molecule has 0 aromatic carbocycles. The quantitative estimate of drug-likeness (QED) is 0.573. The molecule has 1 aliphatic heterocycles. The highest BCUT2D eigenvalue weighted by Crippen LogP contribution is 2.39. The fraction of sp³-hybridized carbons (Fsp3) is 0.333. The van der Waals surface area contributed by atoms with E-state index >= 15 is 0 Å². The number of pyridine rings is 1. The fourth-order valence-corrected chi connectivity index (χ4v) is 4.76. The molecule has 3 N–H and O–H groups in total. The van der Waals surface area contributed by atoms with Crippen molar-refractivity contribution in [2.24, 2.45) is 10.9 Å². The minimum Gasteiger partial charge on any atom is -0.481 e. The predicted octanol–water partition coefficient (Wildman–Crippen LogP) is 3.64. The number of nitrogen functional groups attached to an aromatic ring is 1. The van der Waals surface area contributed by atoms with Crippen molar-refractivity contribution in [3.63, 3.8) is 0 Å². The van der Waals surface area contributed by atoms with E-state index in [1.807, 2.05) is 18.2 Å². The molecule has 9 nitrogen and oxygen atoms in total. The second-order valence-corrected chi connectivity index (χ2v) is 8.59. The van der Waals surface area contributed by atoms with Crippen LogP contribution < -0.4 is 5.73 Å². The van der Waals surface area contributed by atoms with Crippen LogP contribution in [0.25, 0.3) is 16.8 Å². The van der Waals surface area contributed by atoms with Gasteiger partial charge in [0.1, 0.15) is 5.82 Å². The lowest BCUT2D eigenvalue weighted by molar-refractivity contribution is -0.142. The summed E-state index contributed by atoms with van der Waals surface area (Å²) in [5, 5.41) is 13.7. The molecule has 168 valence electrons. The molecule has 0 bridgehead atoms. The van der Waals surface area contributed by atoms with Crippen LogP contribution in [0.4, 0.5) is 5.82 Å². The van der Waals surface area contributed by atoms with Crippen molar-refractivity contribution < 1.29 is 14.7 Å². The number of aliphatic imine (C=N–C) groups is 1. The van der Waals surface area contributed by atoms with Crippen molar-refractivity contribution in [3.05, 3.63) is 53.8 Å². The van der Waals surface area contributed by atoms with Gasteiger partial charge in [0.2, 0.25) is 0 Å². The number of anilines is 1. The third kappa shape index (κ3) is 3.69. The van der Waals surface area contributed by atoms with Crippen molar-refractivity contribution in [1.29, 1.82) is 0 Å². The van der Waals surface area contributed by atoms with E-state index in [0.717, 1.165) is 29.0 Å². The van der Waals surface area contributed by atoms with Gasteiger partial charge in [0.25, 0.3) is 0 Å². The van der Waals surface area contributed by atoms with Crippen molar-refractivity contribution in [2.75, 3.05) is 5.73 Å². The summed E-state index contributed by atoms with van der Waals surface area (Å²) in [6, 6.07) is 3.88. The Hall–Kier alpha value is -3.88. The number of carboxylic acids is 1. The van der Waals surface area contributed by atoms with Crippen LogP contribution in [0.15, 0.2) is 41.8 Å². The number of nitrogens with two attached hydrogens (primary N) is 1. The molecule has 0 saturated heterocycles. The van der Waals surface area contributed by atoms with Crippen LogP contribution in [0.1, 0.15) is 66.7 Å². The summed E-state index contributed by atoms with van der Waals surface area (Å²) in [7, 11) is 0. The number of carboxylic acid groups (broad SMARTS) is 1. The summed E-state index contributed by atoms with van der Waals surface area (Å²) in [6.07, 6.45) is 10.4. The summed E-state index contributed by atoms with van der Waals surface area (Å²) >= 11 is 0. The number of Topliss-reactive ketones (excluding diaryl/α,β-unsaturated/α-hetero) is 1. The minimum absolute atomic E-state index is 0.0251. The zero-order valence-corrected chi connectivity index (χ0v) is 18.2. The Balaban J connectivity index is 1.56. The van der Waals surface area contributed by atoms with Crippen LogP contribution in [-0.2, 0) is 4.79 Å².